The van der Waals surface area contributed by atoms with Gasteiger partial charge in [-0.1, -0.05) is 36.4 Å². The molecule has 4 heteroatoms. The van der Waals surface area contributed by atoms with Crippen molar-refractivity contribution in [3.63, 3.8) is 0 Å². The molecule has 1 aliphatic rings. The highest BCUT2D eigenvalue weighted by atomic mass is 19.1. The zero-order valence-corrected chi connectivity index (χ0v) is 16.2. The van der Waals surface area contributed by atoms with Crippen LogP contribution in [0.3, 0.4) is 0 Å². The number of hydrogen-bond acceptors (Lipinski definition) is 3. The van der Waals surface area contributed by atoms with Gasteiger partial charge in [0, 0.05) is 25.2 Å². The average Bonchev–Trinajstić information content (AvgIpc) is 2.89. The van der Waals surface area contributed by atoms with Crippen LogP contribution in [0.4, 0.5) is 4.39 Å². The monoisotopic (exact) mass is 377 g/mol. The lowest BCUT2D eigenvalue weighted by Gasteiger charge is -2.20. The number of hydrogen-bond donors (Lipinski definition) is 0. The SMILES string of the molecule is COc1cc(-c2ccccc2C)cc2c1OCCN(Cc1cccc(F)c1)C2. The highest BCUT2D eigenvalue weighted by Gasteiger charge is 2.21. The summed E-state index contributed by atoms with van der Waals surface area (Å²) in [4.78, 5) is 2.28. The first kappa shape index (κ1) is 18.5. The Labute approximate surface area is 165 Å². The first-order valence-electron chi connectivity index (χ1n) is 9.50. The van der Waals surface area contributed by atoms with E-state index in [2.05, 4.69) is 30.0 Å². The van der Waals surface area contributed by atoms with Gasteiger partial charge in [0.25, 0.3) is 0 Å². The number of methoxy groups -OCH3 is 1. The first-order chi connectivity index (χ1) is 13.6. The summed E-state index contributed by atoms with van der Waals surface area (Å²) in [6.45, 7) is 4.86. The molecule has 144 valence electrons. The molecule has 0 aromatic heterocycles. The summed E-state index contributed by atoms with van der Waals surface area (Å²) in [5.41, 5.74) is 5.57. The maximum Gasteiger partial charge on any atom is 0.165 e. The number of nitrogens with zero attached hydrogens (tertiary/aromatic N) is 1. The van der Waals surface area contributed by atoms with Crippen LogP contribution in [0.25, 0.3) is 11.1 Å². The smallest absolute Gasteiger partial charge is 0.165 e. The summed E-state index contributed by atoms with van der Waals surface area (Å²) in [6.07, 6.45) is 0. The van der Waals surface area contributed by atoms with Crippen molar-refractivity contribution in [2.45, 2.75) is 20.0 Å². The van der Waals surface area contributed by atoms with Crippen molar-refractivity contribution >= 4 is 0 Å². The number of ether oxygens (including phenoxy) is 2. The van der Waals surface area contributed by atoms with E-state index in [0.717, 1.165) is 41.3 Å². The Bertz CT molecular complexity index is 986. The minimum atomic E-state index is -0.201. The van der Waals surface area contributed by atoms with Crippen LogP contribution in [0.2, 0.25) is 0 Å². The van der Waals surface area contributed by atoms with Crippen molar-refractivity contribution in [2.24, 2.45) is 0 Å². The molecule has 0 N–H and O–H groups in total. The normalized spacial score (nSPS) is 14.1. The van der Waals surface area contributed by atoms with Gasteiger partial charge in [-0.05, 0) is 53.4 Å². The van der Waals surface area contributed by atoms with E-state index >= 15 is 0 Å². The highest BCUT2D eigenvalue weighted by Crippen LogP contribution is 2.39. The Balaban J connectivity index is 1.68. The maximum absolute atomic E-state index is 13.6. The van der Waals surface area contributed by atoms with Crippen LogP contribution in [-0.4, -0.2) is 25.2 Å². The fraction of sp³-hybridized carbons (Fsp3) is 0.250. The van der Waals surface area contributed by atoms with Crippen LogP contribution in [0, 0.1) is 12.7 Å². The van der Waals surface area contributed by atoms with Crippen LogP contribution < -0.4 is 9.47 Å². The van der Waals surface area contributed by atoms with Gasteiger partial charge in [-0.2, -0.15) is 0 Å². The van der Waals surface area contributed by atoms with E-state index in [1.165, 1.54) is 17.2 Å². The summed E-state index contributed by atoms with van der Waals surface area (Å²) in [7, 11) is 1.68. The third kappa shape index (κ3) is 3.87. The molecular weight excluding hydrogens is 353 g/mol. The quantitative estimate of drug-likeness (QED) is 0.623. The van der Waals surface area contributed by atoms with Crippen molar-refractivity contribution < 1.29 is 13.9 Å². The summed E-state index contributed by atoms with van der Waals surface area (Å²) in [6, 6.07) is 19.3. The largest absolute Gasteiger partial charge is 0.493 e. The molecule has 0 bridgehead atoms. The van der Waals surface area contributed by atoms with E-state index in [1.54, 1.807) is 19.2 Å². The van der Waals surface area contributed by atoms with Gasteiger partial charge in [-0.3, -0.25) is 4.90 Å². The minimum absolute atomic E-state index is 0.201. The zero-order valence-electron chi connectivity index (χ0n) is 16.2. The molecule has 3 aromatic rings. The molecule has 3 nitrogen and oxygen atoms in total. The maximum atomic E-state index is 13.6. The lowest BCUT2D eigenvalue weighted by molar-refractivity contribution is 0.216. The molecular formula is C24H24FNO2. The Morgan fingerprint density at radius 1 is 1.07 bits per heavy atom. The van der Waals surface area contributed by atoms with Gasteiger partial charge in [0.2, 0.25) is 0 Å². The number of fused-ring (bicyclic) bond motifs is 1. The molecule has 4 rings (SSSR count). The lowest BCUT2D eigenvalue weighted by atomic mass is 9.97. The molecule has 0 spiro atoms. The van der Waals surface area contributed by atoms with E-state index in [1.807, 2.05) is 24.3 Å². The highest BCUT2D eigenvalue weighted by molar-refractivity contribution is 5.71. The fourth-order valence-corrected chi connectivity index (χ4v) is 3.77. The van der Waals surface area contributed by atoms with Gasteiger partial charge in [-0.25, -0.2) is 4.39 Å². The zero-order chi connectivity index (χ0) is 19.5. The predicted molar refractivity (Wildman–Crippen MR) is 109 cm³/mol. The molecule has 0 fully saturated rings. The van der Waals surface area contributed by atoms with Gasteiger partial charge < -0.3 is 9.47 Å². The molecule has 1 aliphatic heterocycles. The van der Waals surface area contributed by atoms with Gasteiger partial charge in [0.05, 0.1) is 7.11 Å². The molecule has 0 saturated carbocycles. The van der Waals surface area contributed by atoms with Crippen molar-refractivity contribution in [3.8, 4) is 22.6 Å². The Kier molecular flexibility index (Phi) is 5.31. The average molecular weight is 377 g/mol. The predicted octanol–water partition coefficient (Wildman–Crippen LogP) is 5.20. The van der Waals surface area contributed by atoms with Crippen molar-refractivity contribution in [2.75, 3.05) is 20.3 Å². The van der Waals surface area contributed by atoms with E-state index < -0.39 is 0 Å². The van der Waals surface area contributed by atoms with Crippen LogP contribution in [0.5, 0.6) is 11.5 Å². The van der Waals surface area contributed by atoms with Gasteiger partial charge in [-0.15, -0.1) is 0 Å². The lowest BCUT2D eigenvalue weighted by Crippen LogP contribution is -2.25. The minimum Gasteiger partial charge on any atom is -0.493 e. The standard InChI is InChI=1S/C24H24FNO2/c1-17-6-3-4-9-22(17)19-13-20-16-26(15-18-7-5-8-21(25)12-18)10-11-28-24(20)23(14-19)27-2/h3-9,12-14H,10-11,15-16H2,1-2H3. The topological polar surface area (TPSA) is 21.7 Å². The van der Waals surface area contributed by atoms with E-state index in [4.69, 9.17) is 9.47 Å². The molecule has 0 amide bonds. The van der Waals surface area contributed by atoms with Crippen molar-refractivity contribution in [1.82, 2.24) is 4.90 Å². The van der Waals surface area contributed by atoms with Gasteiger partial charge in [0.1, 0.15) is 12.4 Å². The van der Waals surface area contributed by atoms with E-state index in [9.17, 15) is 4.39 Å². The molecule has 0 unspecified atom stereocenters. The first-order valence-corrected chi connectivity index (χ1v) is 9.50. The van der Waals surface area contributed by atoms with E-state index in [0.29, 0.717) is 13.2 Å². The molecule has 3 aromatic carbocycles. The third-order valence-electron chi connectivity index (χ3n) is 5.15. The molecule has 0 radical (unpaired) electrons. The number of benzene rings is 3. The Morgan fingerprint density at radius 2 is 1.93 bits per heavy atom. The second kappa shape index (κ2) is 8.03. The molecule has 1 heterocycles. The van der Waals surface area contributed by atoms with Gasteiger partial charge >= 0.3 is 0 Å². The van der Waals surface area contributed by atoms with E-state index in [-0.39, 0.29) is 5.82 Å². The van der Waals surface area contributed by atoms with Crippen LogP contribution >= 0.6 is 0 Å². The second-order valence-corrected chi connectivity index (χ2v) is 7.17. The van der Waals surface area contributed by atoms with Crippen LogP contribution in [0.1, 0.15) is 16.7 Å². The molecule has 0 saturated heterocycles. The Hall–Kier alpha value is -2.85. The third-order valence-corrected chi connectivity index (χ3v) is 5.15. The molecule has 28 heavy (non-hydrogen) atoms. The molecule has 0 aliphatic carbocycles. The molecule has 0 atom stereocenters. The van der Waals surface area contributed by atoms with Crippen molar-refractivity contribution in [1.29, 1.82) is 0 Å². The second-order valence-electron chi connectivity index (χ2n) is 7.17. The fourth-order valence-electron chi connectivity index (χ4n) is 3.77. The number of halogens is 1. The summed E-state index contributed by atoms with van der Waals surface area (Å²) in [5.74, 6) is 1.36. The van der Waals surface area contributed by atoms with Crippen LogP contribution in [-0.2, 0) is 13.1 Å². The number of rotatable bonds is 4. The summed E-state index contributed by atoms with van der Waals surface area (Å²) in [5, 5.41) is 0. The van der Waals surface area contributed by atoms with Crippen molar-refractivity contribution in [3.05, 3.63) is 83.2 Å². The van der Waals surface area contributed by atoms with Crippen LogP contribution in [0.15, 0.2) is 60.7 Å². The summed E-state index contributed by atoms with van der Waals surface area (Å²) < 4.78 is 25.2. The van der Waals surface area contributed by atoms with Gasteiger partial charge in [0.15, 0.2) is 11.5 Å². The Morgan fingerprint density at radius 3 is 2.71 bits per heavy atom. The number of aryl methyl sites for hydroxylation is 1. The summed E-state index contributed by atoms with van der Waals surface area (Å²) >= 11 is 0.